The molecular weight excluding hydrogens is 360 g/mol. The fraction of sp³-hybridized carbons (Fsp3) is 0.400. The van der Waals surface area contributed by atoms with Crippen LogP contribution in [0.15, 0.2) is 59.0 Å². The standard InChI is InChI=1S/C25H30N2O2/c1-2-14-27(22-16-19-9-3-4-10-20(19)17-22)15-8-7-13-26-25(28)24-18-21-11-5-6-12-23(21)29-24/h3-6,9-12,18,22H,2,7-8,13-17H2,1H3,(H,26,28). The van der Waals surface area contributed by atoms with Crippen LogP contribution in [0.5, 0.6) is 0 Å². The van der Waals surface area contributed by atoms with E-state index in [4.69, 9.17) is 4.42 Å². The lowest BCUT2D eigenvalue weighted by atomic mass is 10.1. The van der Waals surface area contributed by atoms with E-state index in [-0.39, 0.29) is 5.91 Å². The fourth-order valence-electron chi connectivity index (χ4n) is 4.38. The van der Waals surface area contributed by atoms with Crippen LogP contribution in [0.3, 0.4) is 0 Å². The molecule has 0 spiro atoms. The molecule has 1 aromatic heterocycles. The van der Waals surface area contributed by atoms with Crippen LogP contribution >= 0.6 is 0 Å². The zero-order chi connectivity index (χ0) is 20.1. The van der Waals surface area contributed by atoms with Gasteiger partial charge in [-0.1, -0.05) is 49.4 Å². The molecule has 0 fully saturated rings. The van der Waals surface area contributed by atoms with E-state index in [1.54, 1.807) is 0 Å². The van der Waals surface area contributed by atoms with E-state index in [0.717, 1.165) is 36.9 Å². The van der Waals surface area contributed by atoms with Crippen molar-refractivity contribution in [1.82, 2.24) is 10.2 Å². The summed E-state index contributed by atoms with van der Waals surface area (Å²) in [5.74, 6) is 0.264. The number of rotatable bonds is 9. The minimum absolute atomic E-state index is 0.127. The number of nitrogens with zero attached hydrogens (tertiary/aromatic N) is 1. The summed E-state index contributed by atoms with van der Waals surface area (Å²) in [4.78, 5) is 15.0. The summed E-state index contributed by atoms with van der Waals surface area (Å²) >= 11 is 0. The SMILES string of the molecule is CCCN(CCCCNC(=O)c1cc2ccccc2o1)C1Cc2ccccc2C1. The number of amides is 1. The minimum atomic E-state index is -0.127. The summed E-state index contributed by atoms with van der Waals surface area (Å²) in [6.07, 6.45) is 5.58. The van der Waals surface area contributed by atoms with Crippen LogP contribution in [0.2, 0.25) is 0 Å². The zero-order valence-electron chi connectivity index (χ0n) is 17.2. The highest BCUT2D eigenvalue weighted by atomic mass is 16.3. The molecule has 1 amide bonds. The fourth-order valence-corrected chi connectivity index (χ4v) is 4.38. The van der Waals surface area contributed by atoms with Crippen LogP contribution in [0, 0.1) is 0 Å². The topological polar surface area (TPSA) is 45.5 Å². The molecule has 152 valence electrons. The number of hydrogen-bond donors (Lipinski definition) is 1. The van der Waals surface area contributed by atoms with Gasteiger partial charge in [0.2, 0.25) is 0 Å². The van der Waals surface area contributed by atoms with E-state index in [0.29, 0.717) is 18.3 Å². The van der Waals surface area contributed by atoms with Gasteiger partial charge in [-0.05, 0) is 68.5 Å². The van der Waals surface area contributed by atoms with Gasteiger partial charge in [-0.3, -0.25) is 9.69 Å². The van der Waals surface area contributed by atoms with Gasteiger partial charge >= 0.3 is 0 Å². The third-order valence-electron chi connectivity index (χ3n) is 5.86. The normalized spacial score (nSPS) is 13.9. The van der Waals surface area contributed by atoms with Crippen LogP contribution in [0.1, 0.15) is 47.9 Å². The minimum Gasteiger partial charge on any atom is -0.451 e. The van der Waals surface area contributed by atoms with Gasteiger partial charge in [0.15, 0.2) is 5.76 Å². The van der Waals surface area contributed by atoms with Crippen LogP contribution in [0.4, 0.5) is 0 Å². The van der Waals surface area contributed by atoms with Crippen molar-refractivity contribution >= 4 is 16.9 Å². The second kappa shape index (κ2) is 9.27. The maximum atomic E-state index is 12.3. The van der Waals surface area contributed by atoms with Crippen LogP contribution < -0.4 is 5.32 Å². The summed E-state index contributed by atoms with van der Waals surface area (Å²) in [5, 5.41) is 3.96. The lowest BCUT2D eigenvalue weighted by molar-refractivity contribution is 0.0926. The second-order valence-electron chi connectivity index (χ2n) is 7.98. The molecule has 3 aromatic rings. The first kappa shape index (κ1) is 19.7. The molecule has 4 rings (SSSR count). The van der Waals surface area contributed by atoms with Gasteiger partial charge in [-0.2, -0.15) is 0 Å². The van der Waals surface area contributed by atoms with Crippen LogP contribution in [-0.4, -0.2) is 36.5 Å². The summed E-state index contributed by atoms with van der Waals surface area (Å²) in [7, 11) is 0. The summed E-state index contributed by atoms with van der Waals surface area (Å²) < 4.78 is 5.63. The van der Waals surface area contributed by atoms with Crippen molar-refractivity contribution in [3.8, 4) is 0 Å². The van der Waals surface area contributed by atoms with E-state index in [1.807, 2.05) is 30.3 Å². The van der Waals surface area contributed by atoms with Gasteiger partial charge in [-0.25, -0.2) is 0 Å². The van der Waals surface area contributed by atoms with Crippen molar-refractivity contribution in [2.24, 2.45) is 0 Å². The Balaban J connectivity index is 1.22. The first-order valence-corrected chi connectivity index (χ1v) is 10.8. The number of para-hydroxylation sites is 1. The molecule has 0 unspecified atom stereocenters. The quantitative estimate of drug-likeness (QED) is 0.533. The Morgan fingerprint density at radius 2 is 1.76 bits per heavy atom. The second-order valence-corrected chi connectivity index (χ2v) is 7.98. The van der Waals surface area contributed by atoms with E-state index in [9.17, 15) is 4.79 Å². The Labute approximate surface area is 172 Å². The molecule has 1 heterocycles. The number of fused-ring (bicyclic) bond motifs is 2. The van der Waals surface area contributed by atoms with E-state index in [1.165, 1.54) is 30.4 Å². The van der Waals surface area contributed by atoms with Crippen molar-refractivity contribution in [2.75, 3.05) is 19.6 Å². The molecule has 2 aromatic carbocycles. The number of unbranched alkanes of at least 4 members (excludes halogenated alkanes) is 1. The van der Waals surface area contributed by atoms with Gasteiger partial charge in [-0.15, -0.1) is 0 Å². The lowest BCUT2D eigenvalue weighted by Crippen LogP contribution is -2.37. The zero-order valence-corrected chi connectivity index (χ0v) is 17.2. The Morgan fingerprint density at radius 1 is 1.03 bits per heavy atom. The number of nitrogens with one attached hydrogen (secondary N) is 1. The first-order chi connectivity index (χ1) is 14.2. The smallest absolute Gasteiger partial charge is 0.287 e. The number of carbonyl (C=O) groups excluding carboxylic acids is 1. The van der Waals surface area contributed by atoms with E-state index in [2.05, 4.69) is 41.4 Å². The van der Waals surface area contributed by atoms with Crippen LogP contribution in [0.25, 0.3) is 11.0 Å². The lowest BCUT2D eigenvalue weighted by Gasteiger charge is -2.28. The predicted octanol–water partition coefficient (Wildman–Crippen LogP) is 4.82. The maximum absolute atomic E-state index is 12.3. The molecule has 0 saturated heterocycles. The first-order valence-electron chi connectivity index (χ1n) is 10.8. The molecule has 0 bridgehead atoms. The predicted molar refractivity (Wildman–Crippen MR) is 117 cm³/mol. The maximum Gasteiger partial charge on any atom is 0.287 e. The molecule has 0 radical (unpaired) electrons. The number of hydrogen-bond acceptors (Lipinski definition) is 3. The molecule has 0 atom stereocenters. The third kappa shape index (κ3) is 4.70. The summed E-state index contributed by atoms with van der Waals surface area (Å²) in [6, 6.07) is 19.0. The van der Waals surface area contributed by atoms with Crippen molar-refractivity contribution < 1.29 is 9.21 Å². The Kier molecular flexibility index (Phi) is 6.30. The van der Waals surface area contributed by atoms with Crippen molar-refractivity contribution in [3.63, 3.8) is 0 Å². The number of furan rings is 1. The molecule has 29 heavy (non-hydrogen) atoms. The molecule has 4 heteroatoms. The van der Waals surface area contributed by atoms with Crippen LogP contribution in [-0.2, 0) is 12.8 Å². The average Bonchev–Trinajstić information content (AvgIpc) is 3.36. The Bertz CT molecular complexity index is 904. The van der Waals surface area contributed by atoms with Crippen molar-refractivity contribution in [3.05, 3.63) is 71.5 Å². The molecule has 0 aliphatic heterocycles. The largest absolute Gasteiger partial charge is 0.451 e. The number of benzene rings is 2. The van der Waals surface area contributed by atoms with Gasteiger partial charge in [0, 0.05) is 18.0 Å². The highest BCUT2D eigenvalue weighted by Gasteiger charge is 2.25. The number of carbonyl (C=O) groups is 1. The summed E-state index contributed by atoms with van der Waals surface area (Å²) in [5.41, 5.74) is 3.78. The van der Waals surface area contributed by atoms with E-state index >= 15 is 0 Å². The Morgan fingerprint density at radius 3 is 2.48 bits per heavy atom. The molecule has 1 aliphatic rings. The molecule has 1 N–H and O–H groups in total. The van der Waals surface area contributed by atoms with Gasteiger partial charge in [0.05, 0.1) is 0 Å². The average molecular weight is 391 g/mol. The Hall–Kier alpha value is -2.59. The third-order valence-corrected chi connectivity index (χ3v) is 5.86. The molecule has 1 aliphatic carbocycles. The highest BCUT2D eigenvalue weighted by molar-refractivity contribution is 5.96. The molecular formula is C25H30N2O2. The van der Waals surface area contributed by atoms with Crippen molar-refractivity contribution in [2.45, 2.75) is 45.1 Å². The van der Waals surface area contributed by atoms with E-state index < -0.39 is 0 Å². The van der Waals surface area contributed by atoms with Crippen molar-refractivity contribution in [1.29, 1.82) is 0 Å². The monoisotopic (exact) mass is 390 g/mol. The molecule has 4 nitrogen and oxygen atoms in total. The van der Waals surface area contributed by atoms with Gasteiger partial charge in [0.1, 0.15) is 5.58 Å². The molecule has 0 saturated carbocycles. The van der Waals surface area contributed by atoms with Gasteiger partial charge < -0.3 is 9.73 Å². The summed E-state index contributed by atoms with van der Waals surface area (Å²) in [6.45, 7) is 5.17. The highest BCUT2D eigenvalue weighted by Crippen LogP contribution is 2.25. The van der Waals surface area contributed by atoms with Gasteiger partial charge in [0.25, 0.3) is 5.91 Å².